The number of rotatable bonds is 31. The second kappa shape index (κ2) is 30.0. The topological polar surface area (TPSA) is 388 Å². The number of carbonyl (C=O) groups excluding carboxylic acids is 9. The third-order valence-corrected chi connectivity index (χ3v) is 11.7. The number of amides is 9. The molecule has 70 heavy (non-hydrogen) atoms. The highest BCUT2D eigenvalue weighted by Gasteiger charge is 2.40. The van der Waals surface area contributed by atoms with Crippen LogP contribution < -0.4 is 48.7 Å². The lowest BCUT2D eigenvalue weighted by molar-refractivity contribution is -0.144. The van der Waals surface area contributed by atoms with Crippen LogP contribution in [0, 0.1) is 29.6 Å². The van der Waals surface area contributed by atoms with E-state index in [0.29, 0.717) is 12.8 Å². The third kappa shape index (κ3) is 21.0. The minimum absolute atomic E-state index is 0.00941. The molecule has 0 aliphatic carbocycles. The van der Waals surface area contributed by atoms with Gasteiger partial charge in [0.05, 0.1) is 13.0 Å². The van der Waals surface area contributed by atoms with Crippen LogP contribution in [0.15, 0.2) is 0 Å². The Morgan fingerprint density at radius 3 is 1.47 bits per heavy atom. The van der Waals surface area contributed by atoms with Crippen molar-refractivity contribution in [2.45, 2.75) is 181 Å². The first-order valence-corrected chi connectivity index (χ1v) is 24.1. The summed E-state index contributed by atoms with van der Waals surface area (Å²) in [5.74, 6) is -11.9. The van der Waals surface area contributed by atoms with E-state index >= 15 is 0 Å². The lowest BCUT2D eigenvalue weighted by Crippen LogP contribution is -2.61. The van der Waals surface area contributed by atoms with Gasteiger partial charge in [-0.2, -0.15) is 0 Å². The van der Waals surface area contributed by atoms with E-state index in [-0.39, 0.29) is 50.0 Å². The Bertz CT molecular complexity index is 1850. The average molecular weight is 997 g/mol. The van der Waals surface area contributed by atoms with Crippen LogP contribution in [0.25, 0.3) is 0 Å². The van der Waals surface area contributed by atoms with Gasteiger partial charge >= 0.3 is 11.9 Å². The van der Waals surface area contributed by atoms with Crippen molar-refractivity contribution in [3.05, 3.63) is 0 Å². The molecule has 0 spiro atoms. The summed E-state index contributed by atoms with van der Waals surface area (Å²) in [4.78, 5) is 146. The van der Waals surface area contributed by atoms with Crippen LogP contribution in [0.3, 0.4) is 0 Å². The van der Waals surface area contributed by atoms with Gasteiger partial charge in [0.2, 0.25) is 53.2 Å². The van der Waals surface area contributed by atoms with Crippen LogP contribution in [0.4, 0.5) is 0 Å². The van der Waals surface area contributed by atoms with Crippen LogP contribution in [0.2, 0.25) is 0 Å². The molecule has 1 aliphatic rings. The number of nitrogens with two attached hydrogens (primary N) is 2. The van der Waals surface area contributed by atoms with Crippen molar-refractivity contribution < 1.29 is 68.1 Å². The largest absolute Gasteiger partial charge is 0.481 e. The van der Waals surface area contributed by atoms with Crippen LogP contribution in [-0.2, 0) is 52.7 Å². The molecule has 24 nitrogen and oxygen atoms in total. The Balaban J connectivity index is 3.43. The molecular weight excluding hydrogens is 917 g/mol. The number of hydrogen-bond donors (Lipinski definition) is 12. The Labute approximate surface area is 410 Å². The quantitative estimate of drug-likeness (QED) is 0.0371. The number of nitrogens with zero attached hydrogens (tertiary/aromatic N) is 1. The molecule has 14 N–H and O–H groups in total. The summed E-state index contributed by atoms with van der Waals surface area (Å²) in [6.45, 7) is 16.9. The molecule has 398 valence electrons. The molecule has 10 atom stereocenters. The number of aliphatic hydroxyl groups excluding tert-OH is 1. The zero-order chi connectivity index (χ0) is 53.7. The fourth-order valence-corrected chi connectivity index (χ4v) is 7.72. The summed E-state index contributed by atoms with van der Waals surface area (Å²) in [6, 6.07) is -11.8. The summed E-state index contributed by atoms with van der Waals surface area (Å²) >= 11 is 0. The molecule has 0 aromatic heterocycles. The minimum atomic E-state index is -1.67. The standard InChI is InChI=1S/C46H80N10O14/c1-11-26(10)37(44(67)52-29(17-22(2)3)39(62)53-32(46(69)70)20-34(48)58)55-41(64)30(18-23(4)5)50-38(61)28(14-15-35(59)60)49-43(66)36(25(8)9)54-40(63)31(19-24(6)7)51-42(65)33-13-12-16-56(33)45(68)27(47)21-57/h22-33,36-37,57H,11-21,47H2,1-10H3,(H2,48,58)(H,49,66)(H,50,61)(H,51,65)(H,52,67)(H,53,62)(H,54,63)(H,55,64)(H,59,60)(H,69,70)/t26-,27-,28-,29-,30-,31-,32-,33-,36-,37-/m0/s1. The van der Waals surface area contributed by atoms with Crippen molar-refractivity contribution in [1.82, 2.24) is 42.1 Å². The van der Waals surface area contributed by atoms with Gasteiger partial charge in [-0.25, -0.2) is 4.79 Å². The lowest BCUT2D eigenvalue weighted by Gasteiger charge is -2.31. The molecule has 1 saturated heterocycles. The van der Waals surface area contributed by atoms with Crippen molar-refractivity contribution in [1.29, 1.82) is 0 Å². The number of aliphatic hydroxyl groups is 1. The summed E-state index contributed by atoms with van der Waals surface area (Å²) < 4.78 is 0. The monoisotopic (exact) mass is 997 g/mol. The number of primary amides is 1. The first-order chi connectivity index (χ1) is 32.5. The molecule has 0 aromatic carbocycles. The Morgan fingerprint density at radius 1 is 0.600 bits per heavy atom. The average Bonchev–Trinajstić information content (AvgIpc) is 3.76. The SMILES string of the molecule is CC[C@H](C)[C@H](NC(=O)[C@H](CC(C)C)NC(=O)[C@H](CCC(=O)O)NC(=O)[C@@H](NC(=O)[C@H](CC(C)C)NC(=O)[C@@H]1CCCN1C(=O)[C@@H](N)CO)C(C)C)C(=O)N[C@@H](CC(C)C)C(=O)N[C@@H](CC(N)=O)C(=O)O. The molecule has 24 heteroatoms. The van der Waals surface area contributed by atoms with E-state index in [9.17, 15) is 68.1 Å². The Hall–Kier alpha value is -5.91. The van der Waals surface area contributed by atoms with E-state index in [1.54, 1.807) is 55.4 Å². The van der Waals surface area contributed by atoms with E-state index in [1.807, 2.05) is 13.8 Å². The molecule has 0 radical (unpaired) electrons. The van der Waals surface area contributed by atoms with E-state index in [0.717, 1.165) is 0 Å². The van der Waals surface area contributed by atoms with E-state index in [1.165, 1.54) is 4.90 Å². The zero-order valence-electron chi connectivity index (χ0n) is 42.3. The summed E-state index contributed by atoms with van der Waals surface area (Å²) in [6.07, 6.45) is -0.446. The van der Waals surface area contributed by atoms with Gasteiger partial charge in [0, 0.05) is 13.0 Å². The maximum absolute atomic E-state index is 14.1. The van der Waals surface area contributed by atoms with Crippen LogP contribution in [-0.4, -0.2) is 153 Å². The van der Waals surface area contributed by atoms with E-state index in [4.69, 9.17) is 11.5 Å². The molecule has 1 fully saturated rings. The Kier molecular flexibility index (Phi) is 26.6. The van der Waals surface area contributed by atoms with Gasteiger partial charge in [0.1, 0.15) is 54.4 Å². The minimum Gasteiger partial charge on any atom is -0.481 e. The summed E-state index contributed by atoms with van der Waals surface area (Å²) in [5.41, 5.74) is 10.9. The highest BCUT2D eigenvalue weighted by molar-refractivity contribution is 5.98. The molecule has 0 bridgehead atoms. The number of carbonyl (C=O) groups is 11. The van der Waals surface area contributed by atoms with E-state index in [2.05, 4.69) is 37.2 Å². The number of carboxylic acid groups (broad SMARTS) is 2. The highest BCUT2D eigenvalue weighted by atomic mass is 16.4. The number of hydrogen-bond acceptors (Lipinski definition) is 13. The van der Waals surface area contributed by atoms with Gasteiger partial charge in [0.25, 0.3) is 0 Å². The maximum Gasteiger partial charge on any atom is 0.326 e. The fourth-order valence-electron chi connectivity index (χ4n) is 7.72. The van der Waals surface area contributed by atoms with Gasteiger partial charge in [-0.05, 0) is 68.1 Å². The molecule has 1 aliphatic heterocycles. The number of likely N-dealkylation sites (tertiary alicyclic amines) is 1. The molecular formula is C46H80N10O14. The van der Waals surface area contributed by atoms with Crippen molar-refractivity contribution >= 4 is 65.1 Å². The van der Waals surface area contributed by atoms with Gasteiger partial charge in [-0.15, -0.1) is 0 Å². The molecule has 9 amide bonds. The predicted molar refractivity (Wildman–Crippen MR) is 254 cm³/mol. The van der Waals surface area contributed by atoms with Crippen molar-refractivity contribution in [2.75, 3.05) is 13.2 Å². The number of nitrogens with one attached hydrogen (secondary N) is 7. The van der Waals surface area contributed by atoms with Crippen molar-refractivity contribution in [3.8, 4) is 0 Å². The number of aliphatic carboxylic acids is 2. The zero-order valence-corrected chi connectivity index (χ0v) is 42.3. The maximum atomic E-state index is 14.1. The van der Waals surface area contributed by atoms with Crippen LogP contribution >= 0.6 is 0 Å². The number of carboxylic acids is 2. The van der Waals surface area contributed by atoms with Crippen LogP contribution in [0.5, 0.6) is 0 Å². The summed E-state index contributed by atoms with van der Waals surface area (Å²) in [7, 11) is 0. The second-order valence-electron chi connectivity index (χ2n) is 19.7. The van der Waals surface area contributed by atoms with Crippen molar-refractivity contribution in [3.63, 3.8) is 0 Å². The molecule has 0 saturated carbocycles. The van der Waals surface area contributed by atoms with E-state index < -0.39 is 157 Å². The van der Waals surface area contributed by atoms with Gasteiger partial charge < -0.3 is 68.9 Å². The lowest BCUT2D eigenvalue weighted by atomic mass is 9.95. The van der Waals surface area contributed by atoms with Gasteiger partial charge in [-0.3, -0.25) is 47.9 Å². The normalized spacial score (nSPS) is 17.5. The summed E-state index contributed by atoms with van der Waals surface area (Å²) in [5, 5.41) is 46.5. The highest BCUT2D eigenvalue weighted by Crippen LogP contribution is 2.20. The van der Waals surface area contributed by atoms with Gasteiger partial charge in [-0.1, -0.05) is 75.7 Å². The smallest absolute Gasteiger partial charge is 0.326 e. The van der Waals surface area contributed by atoms with Crippen molar-refractivity contribution in [2.24, 2.45) is 41.1 Å². The molecule has 0 aromatic rings. The predicted octanol–water partition coefficient (Wildman–Crippen LogP) is -1.64. The first kappa shape index (κ1) is 62.1. The Morgan fingerprint density at radius 2 is 1.03 bits per heavy atom. The third-order valence-electron chi connectivity index (χ3n) is 11.7. The second-order valence-corrected chi connectivity index (χ2v) is 19.7. The first-order valence-electron chi connectivity index (χ1n) is 24.1. The molecule has 1 heterocycles. The fraction of sp³-hybridized carbons (Fsp3) is 0.761. The van der Waals surface area contributed by atoms with Crippen LogP contribution in [0.1, 0.15) is 127 Å². The van der Waals surface area contributed by atoms with Gasteiger partial charge in [0.15, 0.2) is 0 Å². The molecule has 0 unspecified atom stereocenters. The molecule has 1 rings (SSSR count).